The first-order chi connectivity index (χ1) is 12.5. The van der Waals surface area contributed by atoms with Gasteiger partial charge in [-0.15, -0.1) is 0 Å². The quantitative estimate of drug-likeness (QED) is 0.754. The van der Waals surface area contributed by atoms with E-state index >= 15 is 0 Å². The van der Waals surface area contributed by atoms with Crippen molar-refractivity contribution in [1.29, 1.82) is 0 Å². The van der Waals surface area contributed by atoms with E-state index in [0.717, 1.165) is 53.0 Å². The highest BCUT2D eigenvalue weighted by atomic mass is 16.5. The highest BCUT2D eigenvalue weighted by molar-refractivity contribution is 5.98. The normalized spacial score (nSPS) is 23.6. The SMILES string of the molecule is CC[N+]1(C2CCCN(c3c(C)cc(OC)cc3C)C2=O)CCCCCC1. The molecule has 1 atom stereocenters. The van der Waals surface area contributed by atoms with E-state index in [1.165, 1.54) is 38.8 Å². The van der Waals surface area contributed by atoms with E-state index in [-0.39, 0.29) is 6.04 Å². The molecule has 1 unspecified atom stereocenters. The Labute approximate surface area is 158 Å². The van der Waals surface area contributed by atoms with Crippen LogP contribution < -0.4 is 9.64 Å². The molecule has 2 aliphatic heterocycles. The minimum absolute atomic E-state index is 0.132. The Morgan fingerprint density at radius 2 is 1.69 bits per heavy atom. The molecule has 144 valence electrons. The van der Waals surface area contributed by atoms with E-state index in [4.69, 9.17) is 4.74 Å². The smallest absolute Gasteiger partial charge is 0.285 e. The van der Waals surface area contributed by atoms with Gasteiger partial charge in [-0.2, -0.15) is 0 Å². The topological polar surface area (TPSA) is 29.5 Å². The van der Waals surface area contributed by atoms with Crippen molar-refractivity contribution in [2.24, 2.45) is 0 Å². The molecule has 1 aromatic carbocycles. The maximum absolute atomic E-state index is 13.6. The zero-order chi connectivity index (χ0) is 18.7. The predicted octanol–water partition coefficient (Wildman–Crippen LogP) is 4.22. The van der Waals surface area contributed by atoms with Crippen LogP contribution in [0.15, 0.2) is 12.1 Å². The molecule has 0 aromatic heterocycles. The number of nitrogens with zero attached hydrogens (tertiary/aromatic N) is 2. The Kier molecular flexibility index (Phi) is 5.91. The number of hydrogen-bond acceptors (Lipinski definition) is 2. The molecule has 2 fully saturated rings. The van der Waals surface area contributed by atoms with Crippen LogP contribution in [-0.2, 0) is 4.79 Å². The van der Waals surface area contributed by atoms with Crippen molar-refractivity contribution in [1.82, 2.24) is 0 Å². The molecule has 2 heterocycles. The van der Waals surface area contributed by atoms with Gasteiger partial charge in [0.1, 0.15) is 5.75 Å². The standard InChI is InChI=1S/C22H35N2O2/c1-5-24(13-8-6-7-9-14-24)20-11-10-12-23(22(20)25)21-17(2)15-19(26-4)16-18(21)3/h15-16,20H,5-14H2,1-4H3/q+1. The van der Waals surface area contributed by atoms with Crippen molar-refractivity contribution in [3.05, 3.63) is 23.3 Å². The van der Waals surface area contributed by atoms with Gasteiger partial charge in [0, 0.05) is 18.7 Å². The molecule has 0 N–H and O–H groups in total. The molecule has 2 aliphatic rings. The van der Waals surface area contributed by atoms with Gasteiger partial charge in [0.25, 0.3) is 5.91 Å². The van der Waals surface area contributed by atoms with Gasteiger partial charge in [-0.1, -0.05) is 0 Å². The van der Waals surface area contributed by atoms with Crippen LogP contribution in [0.5, 0.6) is 5.75 Å². The van der Waals surface area contributed by atoms with Crippen LogP contribution in [0.1, 0.15) is 56.6 Å². The predicted molar refractivity (Wildman–Crippen MR) is 107 cm³/mol. The Morgan fingerprint density at radius 1 is 1.08 bits per heavy atom. The van der Waals surface area contributed by atoms with Crippen molar-refractivity contribution >= 4 is 11.6 Å². The maximum atomic E-state index is 13.6. The Balaban J connectivity index is 1.93. The van der Waals surface area contributed by atoms with Crippen molar-refractivity contribution in [3.8, 4) is 5.75 Å². The molecule has 1 amide bonds. The van der Waals surface area contributed by atoms with Crippen molar-refractivity contribution < 1.29 is 14.0 Å². The molecule has 4 heteroatoms. The first kappa shape index (κ1) is 19.2. The first-order valence-corrected chi connectivity index (χ1v) is 10.3. The van der Waals surface area contributed by atoms with E-state index in [1.54, 1.807) is 7.11 Å². The maximum Gasteiger partial charge on any atom is 0.285 e. The molecule has 26 heavy (non-hydrogen) atoms. The number of carbonyl (C=O) groups excluding carboxylic acids is 1. The summed E-state index contributed by atoms with van der Waals surface area (Å²) >= 11 is 0. The van der Waals surface area contributed by atoms with Crippen LogP contribution in [0.2, 0.25) is 0 Å². The molecule has 3 rings (SSSR count). The fourth-order valence-electron chi connectivity index (χ4n) is 5.21. The van der Waals surface area contributed by atoms with E-state index in [2.05, 4.69) is 37.8 Å². The van der Waals surface area contributed by atoms with E-state index in [0.29, 0.717) is 5.91 Å². The van der Waals surface area contributed by atoms with Crippen LogP contribution >= 0.6 is 0 Å². The zero-order valence-corrected chi connectivity index (χ0v) is 17.0. The lowest BCUT2D eigenvalue weighted by molar-refractivity contribution is -0.941. The Morgan fingerprint density at radius 3 is 2.23 bits per heavy atom. The number of ether oxygens (including phenoxy) is 1. The van der Waals surface area contributed by atoms with Gasteiger partial charge >= 0.3 is 0 Å². The second-order valence-corrected chi connectivity index (χ2v) is 8.15. The summed E-state index contributed by atoms with van der Waals surface area (Å²) in [6.45, 7) is 10.7. The summed E-state index contributed by atoms with van der Waals surface area (Å²) in [5.74, 6) is 1.21. The number of methoxy groups -OCH3 is 1. The highest BCUT2D eigenvalue weighted by Crippen LogP contribution is 2.35. The second-order valence-electron chi connectivity index (χ2n) is 8.15. The molecule has 2 saturated heterocycles. The van der Waals surface area contributed by atoms with Gasteiger partial charge in [-0.3, -0.25) is 4.79 Å². The lowest BCUT2D eigenvalue weighted by Gasteiger charge is -2.47. The average molecular weight is 360 g/mol. The Hall–Kier alpha value is -1.55. The summed E-state index contributed by atoms with van der Waals surface area (Å²) in [6.07, 6.45) is 7.30. The number of likely N-dealkylation sites (N-methyl/N-ethyl adjacent to an activating group) is 1. The van der Waals surface area contributed by atoms with Gasteiger partial charge in [0.2, 0.25) is 0 Å². The van der Waals surface area contributed by atoms with Crippen LogP contribution in [0.25, 0.3) is 0 Å². The molecule has 0 bridgehead atoms. The van der Waals surface area contributed by atoms with Gasteiger partial charge < -0.3 is 14.1 Å². The van der Waals surface area contributed by atoms with Crippen LogP contribution in [0.3, 0.4) is 0 Å². The lowest BCUT2D eigenvalue weighted by atomic mass is 9.96. The third-order valence-corrected chi connectivity index (χ3v) is 6.63. The summed E-state index contributed by atoms with van der Waals surface area (Å²) in [6, 6.07) is 4.23. The first-order valence-electron chi connectivity index (χ1n) is 10.3. The number of quaternary nitrogens is 1. The number of hydrogen-bond donors (Lipinski definition) is 0. The molecule has 0 radical (unpaired) electrons. The molecule has 1 aromatic rings. The minimum atomic E-state index is 0.132. The third kappa shape index (κ3) is 3.48. The van der Waals surface area contributed by atoms with Gasteiger partial charge in [-0.25, -0.2) is 0 Å². The number of rotatable bonds is 4. The molecule has 0 saturated carbocycles. The highest BCUT2D eigenvalue weighted by Gasteiger charge is 2.45. The lowest BCUT2D eigenvalue weighted by Crippen LogP contribution is -2.64. The van der Waals surface area contributed by atoms with E-state index in [9.17, 15) is 4.79 Å². The number of anilines is 1. The van der Waals surface area contributed by atoms with Crippen molar-refractivity contribution in [2.75, 3.05) is 38.2 Å². The monoisotopic (exact) mass is 359 g/mol. The molecule has 0 aliphatic carbocycles. The van der Waals surface area contributed by atoms with Crippen LogP contribution in [0, 0.1) is 13.8 Å². The number of carbonyl (C=O) groups is 1. The second kappa shape index (κ2) is 7.99. The molecular formula is C22H35N2O2+. The number of likely N-dealkylation sites (tertiary alicyclic amines) is 1. The summed E-state index contributed by atoms with van der Waals surface area (Å²) in [4.78, 5) is 15.7. The fraction of sp³-hybridized carbons (Fsp3) is 0.682. The zero-order valence-electron chi connectivity index (χ0n) is 17.0. The van der Waals surface area contributed by atoms with Gasteiger partial charge in [-0.05, 0) is 76.1 Å². The van der Waals surface area contributed by atoms with E-state index < -0.39 is 0 Å². The number of aryl methyl sites for hydroxylation is 2. The summed E-state index contributed by atoms with van der Waals surface area (Å²) < 4.78 is 6.41. The summed E-state index contributed by atoms with van der Waals surface area (Å²) in [5.41, 5.74) is 3.37. The molecular weight excluding hydrogens is 324 g/mol. The Bertz CT molecular complexity index is 625. The molecule has 4 nitrogen and oxygen atoms in total. The summed E-state index contributed by atoms with van der Waals surface area (Å²) in [5, 5.41) is 0. The van der Waals surface area contributed by atoms with Crippen LogP contribution in [-0.4, -0.2) is 49.7 Å². The number of benzene rings is 1. The minimum Gasteiger partial charge on any atom is -0.497 e. The largest absolute Gasteiger partial charge is 0.497 e. The molecule has 0 spiro atoms. The van der Waals surface area contributed by atoms with Gasteiger partial charge in [0.15, 0.2) is 6.04 Å². The van der Waals surface area contributed by atoms with E-state index in [1.807, 2.05) is 0 Å². The number of piperidine rings is 1. The summed E-state index contributed by atoms with van der Waals surface area (Å²) in [7, 11) is 1.70. The van der Waals surface area contributed by atoms with Gasteiger partial charge in [0.05, 0.1) is 26.7 Å². The fourth-order valence-corrected chi connectivity index (χ4v) is 5.21. The average Bonchev–Trinajstić information content (AvgIpc) is 2.89. The van der Waals surface area contributed by atoms with Crippen molar-refractivity contribution in [2.45, 2.75) is 65.3 Å². The van der Waals surface area contributed by atoms with Crippen LogP contribution in [0.4, 0.5) is 5.69 Å². The third-order valence-electron chi connectivity index (χ3n) is 6.63. The number of amides is 1. The van der Waals surface area contributed by atoms with Crippen molar-refractivity contribution in [3.63, 3.8) is 0 Å².